The number of nitrogens with one attached hydrogen (secondary N) is 2. The molecule has 1 aliphatic heterocycles. The number of morpholine rings is 1. The first-order chi connectivity index (χ1) is 13.6. The first kappa shape index (κ1) is 23.6. The summed E-state index contributed by atoms with van der Waals surface area (Å²) in [7, 11) is 1.97. The van der Waals surface area contributed by atoms with Gasteiger partial charge in [0.05, 0.1) is 26.3 Å². The summed E-state index contributed by atoms with van der Waals surface area (Å²) in [6.07, 6.45) is 0. The number of aliphatic imine (C=N–C) groups is 1. The molecule has 0 saturated carbocycles. The van der Waals surface area contributed by atoms with Crippen LogP contribution in [-0.4, -0.2) is 64.5 Å². The van der Waals surface area contributed by atoms with Crippen molar-refractivity contribution in [3.63, 3.8) is 0 Å². The van der Waals surface area contributed by atoms with E-state index in [9.17, 15) is 0 Å². The summed E-state index contributed by atoms with van der Waals surface area (Å²) in [5, 5.41) is 15.2. The maximum atomic E-state index is 5.45. The van der Waals surface area contributed by atoms with Crippen molar-refractivity contribution in [1.29, 1.82) is 0 Å². The van der Waals surface area contributed by atoms with Crippen molar-refractivity contribution >= 4 is 29.9 Å². The van der Waals surface area contributed by atoms with Gasteiger partial charge < -0.3 is 19.9 Å². The summed E-state index contributed by atoms with van der Waals surface area (Å²) >= 11 is 0. The maximum absolute atomic E-state index is 5.45. The number of guanidine groups is 1. The Labute approximate surface area is 190 Å². The van der Waals surface area contributed by atoms with E-state index in [1.165, 1.54) is 5.56 Å². The summed E-state index contributed by atoms with van der Waals surface area (Å²) in [6, 6.07) is 10.7. The van der Waals surface area contributed by atoms with Crippen LogP contribution in [0.15, 0.2) is 35.3 Å². The standard InChI is InChI=1S/C20H31N7O.HI/c1-16(27-9-11-28-12-10-27)13-21-20(22-14-18-7-5-4-6-8-18)23-15-19-25-24-17(2)26(19)3;/h4-8,16H,9-15H2,1-3H3,(H2,21,22,23);1H. The molecule has 2 aromatic rings. The molecule has 2 heterocycles. The van der Waals surface area contributed by atoms with E-state index in [1.807, 2.05) is 36.7 Å². The van der Waals surface area contributed by atoms with Crippen LogP contribution in [0.5, 0.6) is 0 Å². The third-order valence-electron chi connectivity index (χ3n) is 5.09. The Balaban J connectivity index is 0.00000300. The van der Waals surface area contributed by atoms with Crippen LogP contribution in [0.3, 0.4) is 0 Å². The van der Waals surface area contributed by atoms with E-state index >= 15 is 0 Å². The Morgan fingerprint density at radius 1 is 1.17 bits per heavy atom. The zero-order valence-electron chi connectivity index (χ0n) is 17.5. The van der Waals surface area contributed by atoms with Gasteiger partial charge in [-0.05, 0) is 19.4 Å². The summed E-state index contributed by atoms with van der Waals surface area (Å²) in [4.78, 5) is 7.20. The largest absolute Gasteiger partial charge is 0.379 e. The molecule has 29 heavy (non-hydrogen) atoms. The molecule has 0 radical (unpaired) electrons. The van der Waals surface area contributed by atoms with Crippen molar-refractivity contribution in [1.82, 2.24) is 30.3 Å². The molecule has 9 heteroatoms. The summed E-state index contributed by atoms with van der Waals surface area (Å²) in [5.74, 6) is 2.56. The minimum Gasteiger partial charge on any atom is -0.379 e. The normalized spacial score (nSPS) is 16.2. The molecule has 1 fully saturated rings. The molecule has 0 aliphatic carbocycles. The van der Waals surface area contributed by atoms with E-state index in [-0.39, 0.29) is 24.0 Å². The highest BCUT2D eigenvalue weighted by atomic mass is 127. The fourth-order valence-corrected chi connectivity index (χ4v) is 3.09. The fraction of sp³-hybridized carbons (Fsp3) is 0.550. The van der Waals surface area contributed by atoms with Crippen molar-refractivity contribution in [2.24, 2.45) is 12.0 Å². The quantitative estimate of drug-likeness (QED) is 0.334. The minimum absolute atomic E-state index is 0. The number of nitrogens with zero attached hydrogens (tertiary/aromatic N) is 5. The first-order valence-corrected chi connectivity index (χ1v) is 9.86. The van der Waals surface area contributed by atoms with Gasteiger partial charge in [0.15, 0.2) is 11.8 Å². The Bertz CT molecular complexity index is 759. The van der Waals surface area contributed by atoms with E-state index in [1.54, 1.807) is 0 Å². The van der Waals surface area contributed by atoms with E-state index in [0.29, 0.717) is 19.1 Å². The van der Waals surface area contributed by atoms with E-state index < -0.39 is 0 Å². The van der Waals surface area contributed by atoms with Crippen LogP contribution in [0.25, 0.3) is 0 Å². The van der Waals surface area contributed by atoms with E-state index in [4.69, 9.17) is 9.73 Å². The van der Waals surface area contributed by atoms with Gasteiger partial charge in [-0.1, -0.05) is 30.3 Å². The number of aromatic nitrogens is 3. The molecule has 8 nitrogen and oxygen atoms in total. The van der Waals surface area contributed by atoms with Crippen molar-refractivity contribution in [2.45, 2.75) is 33.0 Å². The Hall–Kier alpha value is -1.72. The van der Waals surface area contributed by atoms with Gasteiger partial charge in [-0.15, -0.1) is 34.2 Å². The lowest BCUT2D eigenvalue weighted by Gasteiger charge is -2.32. The molecular formula is C20H32IN7O. The first-order valence-electron chi connectivity index (χ1n) is 9.86. The monoisotopic (exact) mass is 513 g/mol. The number of hydrogen-bond donors (Lipinski definition) is 2. The van der Waals surface area contributed by atoms with Gasteiger partial charge in [0, 0.05) is 32.7 Å². The van der Waals surface area contributed by atoms with Crippen molar-refractivity contribution in [3.05, 3.63) is 47.5 Å². The third-order valence-corrected chi connectivity index (χ3v) is 5.09. The molecule has 0 amide bonds. The zero-order chi connectivity index (χ0) is 19.8. The summed E-state index contributed by atoms with van der Waals surface area (Å²) in [5.41, 5.74) is 1.18. The Kier molecular flexibility index (Phi) is 9.82. The molecule has 0 spiro atoms. The molecule has 1 atom stereocenters. The van der Waals surface area contributed by atoms with E-state index in [0.717, 1.165) is 50.5 Å². The van der Waals surface area contributed by atoms with Crippen LogP contribution in [0, 0.1) is 6.92 Å². The Morgan fingerprint density at radius 3 is 2.55 bits per heavy atom. The number of benzene rings is 1. The van der Waals surface area contributed by atoms with Gasteiger partial charge in [-0.2, -0.15) is 0 Å². The molecule has 2 N–H and O–H groups in total. The SMILES string of the molecule is Cc1nnc(CNC(=NCc2ccccc2)NCC(C)N2CCOCC2)n1C.I. The third kappa shape index (κ3) is 7.23. The maximum Gasteiger partial charge on any atom is 0.192 e. The molecule has 1 aromatic heterocycles. The van der Waals surface area contributed by atoms with Crippen LogP contribution in [-0.2, 0) is 24.9 Å². The average molecular weight is 513 g/mol. The van der Waals surface area contributed by atoms with Crippen molar-refractivity contribution < 1.29 is 4.74 Å². The van der Waals surface area contributed by atoms with Gasteiger partial charge in [-0.3, -0.25) is 4.90 Å². The number of aryl methyl sites for hydroxylation is 1. The average Bonchev–Trinajstić information content (AvgIpc) is 3.06. The predicted octanol–water partition coefficient (Wildman–Crippen LogP) is 1.70. The minimum atomic E-state index is 0. The molecule has 1 unspecified atom stereocenters. The molecular weight excluding hydrogens is 481 g/mol. The van der Waals surface area contributed by atoms with Crippen LogP contribution in [0.1, 0.15) is 24.1 Å². The highest BCUT2D eigenvalue weighted by Crippen LogP contribution is 2.04. The topological polar surface area (TPSA) is 79.6 Å². The second-order valence-corrected chi connectivity index (χ2v) is 7.10. The van der Waals surface area contributed by atoms with Crippen LogP contribution in [0.4, 0.5) is 0 Å². The van der Waals surface area contributed by atoms with E-state index in [2.05, 4.69) is 44.8 Å². The summed E-state index contributed by atoms with van der Waals surface area (Å²) < 4.78 is 7.43. The lowest BCUT2D eigenvalue weighted by atomic mass is 10.2. The molecule has 1 aromatic carbocycles. The number of rotatable bonds is 7. The summed E-state index contributed by atoms with van der Waals surface area (Å²) in [6.45, 7) is 9.77. The van der Waals surface area contributed by atoms with Gasteiger partial charge in [0.1, 0.15) is 5.82 Å². The van der Waals surface area contributed by atoms with Gasteiger partial charge >= 0.3 is 0 Å². The highest BCUT2D eigenvalue weighted by Gasteiger charge is 2.17. The molecule has 1 saturated heterocycles. The number of ether oxygens (including phenoxy) is 1. The van der Waals surface area contributed by atoms with Crippen molar-refractivity contribution in [3.8, 4) is 0 Å². The highest BCUT2D eigenvalue weighted by molar-refractivity contribution is 14.0. The molecule has 0 bridgehead atoms. The lowest BCUT2D eigenvalue weighted by molar-refractivity contribution is 0.0211. The number of halogens is 1. The number of hydrogen-bond acceptors (Lipinski definition) is 5. The van der Waals surface area contributed by atoms with Crippen LogP contribution in [0.2, 0.25) is 0 Å². The van der Waals surface area contributed by atoms with Gasteiger partial charge in [-0.25, -0.2) is 4.99 Å². The van der Waals surface area contributed by atoms with Crippen LogP contribution < -0.4 is 10.6 Å². The fourth-order valence-electron chi connectivity index (χ4n) is 3.09. The van der Waals surface area contributed by atoms with Gasteiger partial charge in [0.25, 0.3) is 0 Å². The zero-order valence-corrected chi connectivity index (χ0v) is 19.8. The lowest BCUT2D eigenvalue weighted by Crippen LogP contribution is -2.49. The van der Waals surface area contributed by atoms with Gasteiger partial charge in [0.2, 0.25) is 0 Å². The van der Waals surface area contributed by atoms with Crippen molar-refractivity contribution in [2.75, 3.05) is 32.8 Å². The predicted molar refractivity (Wildman–Crippen MR) is 125 cm³/mol. The Morgan fingerprint density at radius 2 is 1.90 bits per heavy atom. The second kappa shape index (κ2) is 12.1. The molecule has 3 rings (SSSR count). The molecule has 1 aliphatic rings. The molecule has 160 valence electrons. The smallest absolute Gasteiger partial charge is 0.192 e. The van der Waals surface area contributed by atoms with Crippen LogP contribution >= 0.6 is 24.0 Å². The second-order valence-electron chi connectivity index (χ2n) is 7.10.